The van der Waals surface area contributed by atoms with E-state index in [0.29, 0.717) is 37.1 Å². The van der Waals surface area contributed by atoms with Crippen LogP contribution in [0.25, 0.3) is 0 Å². The number of amides is 1. The molecule has 1 fully saturated rings. The molecule has 1 aliphatic rings. The highest BCUT2D eigenvalue weighted by atomic mass is 32.2. The van der Waals surface area contributed by atoms with Crippen LogP contribution in [0.5, 0.6) is 11.8 Å². The Morgan fingerprint density at radius 3 is 2.81 bits per heavy atom. The fourth-order valence-corrected chi connectivity index (χ4v) is 3.70. The Labute approximate surface area is 162 Å². The van der Waals surface area contributed by atoms with Crippen molar-refractivity contribution in [3.63, 3.8) is 0 Å². The van der Waals surface area contributed by atoms with E-state index in [1.807, 2.05) is 17.8 Å². The molecule has 0 bridgehead atoms. The number of thioether (sulfide) groups is 1. The number of aromatic nitrogens is 2. The van der Waals surface area contributed by atoms with Crippen LogP contribution in [0.2, 0.25) is 0 Å². The van der Waals surface area contributed by atoms with Gasteiger partial charge in [0.05, 0.1) is 6.61 Å². The molecule has 0 aromatic carbocycles. The SMILES string of the molecule is COCCOc1ncccc1CNC(=O)c1cccnc1OC1CCSC1. The third-order valence-electron chi connectivity index (χ3n) is 4.00. The van der Waals surface area contributed by atoms with Crippen molar-refractivity contribution >= 4 is 17.7 Å². The van der Waals surface area contributed by atoms with Crippen molar-refractivity contribution in [2.75, 3.05) is 31.8 Å². The molecule has 3 rings (SSSR count). The van der Waals surface area contributed by atoms with E-state index in [1.54, 1.807) is 37.7 Å². The number of methoxy groups -OCH3 is 1. The normalized spacial score (nSPS) is 16.1. The summed E-state index contributed by atoms with van der Waals surface area (Å²) in [4.78, 5) is 21.1. The van der Waals surface area contributed by atoms with Crippen LogP contribution in [0.15, 0.2) is 36.7 Å². The fraction of sp³-hybridized carbons (Fsp3) is 0.421. The van der Waals surface area contributed by atoms with E-state index < -0.39 is 0 Å². The summed E-state index contributed by atoms with van der Waals surface area (Å²) in [5, 5.41) is 2.90. The zero-order valence-electron chi connectivity index (χ0n) is 15.2. The molecule has 3 heterocycles. The summed E-state index contributed by atoms with van der Waals surface area (Å²) >= 11 is 1.85. The van der Waals surface area contributed by atoms with Crippen molar-refractivity contribution in [1.29, 1.82) is 0 Å². The number of rotatable bonds is 9. The minimum absolute atomic E-state index is 0.107. The molecule has 1 N–H and O–H groups in total. The first-order chi connectivity index (χ1) is 13.3. The van der Waals surface area contributed by atoms with E-state index in [0.717, 1.165) is 23.5 Å². The van der Waals surface area contributed by atoms with E-state index in [2.05, 4.69) is 15.3 Å². The topological polar surface area (TPSA) is 82.6 Å². The lowest BCUT2D eigenvalue weighted by molar-refractivity contribution is 0.0942. The number of pyridine rings is 2. The molecule has 2 aromatic rings. The van der Waals surface area contributed by atoms with Crippen LogP contribution >= 0.6 is 11.8 Å². The van der Waals surface area contributed by atoms with Gasteiger partial charge < -0.3 is 19.5 Å². The molecular formula is C19H23N3O4S. The van der Waals surface area contributed by atoms with Crippen LogP contribution in [0.3, 0.4) is 0 Å². The van der Waals surface area contributed by atoms with Crippen LogP contribution < -0.4 is 14.8 Å². The predicted octanol–water partition coefficient (Wildman–Crippen LogP) is 2.32. The largest absolute Gasteiger partial charge is 0.475 e. The summed E-state index contributed by atoms with van der Waals surface area (Å²) in [5.74, 6) is 2.63. The first-order valence-electron chi connectivity index (χ1n) is 8.81. The van der Waals surface area contributed by atoms with E-state index in [-0.39, 0.29) is 12.0 Å². The minimum atomic E-state index is -0.240. The van der Waals surface area contributed by atoms with Crippen molar-refractivity contribution in [2.24, 2.45) is 0 Å². The van der Waals surface area contributed by atoms with Crippen LogP contribution in [-0.4, -0.2) is 53.8 Å². The number of nitrogens with one attached hydrogen (secondary N) is 1. The Morgan fingerprint density at radius 1 is 1.22 bits per heavy atom. The molecule has 0 saturated carbocycles. The van der Waals surface area contributed by atoms with Gasteiger partial charge in [-0.3, -0.25) is 4.79 Å². The van der Waals surface area contributed by atoms with E-state index in [4.69, 9.17) is 14.2 Å². The van der Waals surface area contributed by atoms with Crippen LogP contribution in [0.1, 0.15) is 22.3 Å². The summed E-state index contributed by atoms with van der Waals surface area (Å²) < 4.78 is 16.5. The van der Waals surface area contributed by atoms with Crippen molar-refractivity contribution in [3.05, 3.63) is 47.8 Å². The molecule has 1 aliphatic heterocycles. The number of carbonyl (C=O) groups excluding carboxylic acids is 1. The first-order valence-corrected chi connectivity index (χ1v) is 9.96. The van der Waals surface area contributed by atoms with Gasteiger partial charge in [-0.2, -0.15) is 11.8 Å². The lowest BCUT2D eigenvalue weighted by Crippen LogP contribution is -2.25. The van der Waals surface area contributed by atoms with Crippen LogP contribution in [0.4, 0.5) is 0 Å². The summed E-state index contributed by atoms with van der Waals surface area (Å²) in [6.45, 7) is 1.16. The Hall–Kier alpha value is -2.32. The van der Waals surface area contributed by atoms with Crippen molar-refractivity contribution in [1.82, 2.24) is 15.3 Å². The maximum Gasteiger partial charge on any atom is 0.257 e. The van der Waals surface area contributed by atoms with Gasteiger partial charge >= 0.3 is 0 Å². The summed E-state index contributed by atoms with van der Waals surface area (Å²) in [5.41, 5.74) is 1.22. The maximum absolute atomic E-state index is 12.7. The van der Waals surface area contributed by atoms with Gasteiger partial charge in [-0.05, 0) is 30.4 Å². The highest BCUT2D eigenvalue weighted by Gasteiger charge is 2.21. The van der Waals surface area contributed by atoms with Gasteiger partial charge in [-0.1, -0.05) is 6.07 Å². The second kappa shape index (κ2) is 10.1. The number of ether oxygens (including phenoxy) is 3. The van der Waals surface area contributed by atoms with Gasteiger partial charge in [-0.15, -0.1) is 0 Å². The number of hydrogen-bond donors (Lipinski definition) is 1. The molecule has 144 valence electrons. The lowest BCUT2D eigenvalue weighted by Gasteiger charge is -2.15. The molecule has 2 aromatic heterocycles. The van der Waals surface area contributed by atoms with Gasteiger partial charge in [-0.25, -0.2) is 9.97 Å². The Morgan fingerprint density at radius 2 is 2.04 bits per heavy atom. The van der Waals surface area contributed by atoms with Crippen molar-refractivity contribution in [3.8, 4) is 11.8 Å². The van der Waals surface area contributed by atoms with Gasteiger partial charge in [0.1, 0.15) is 18.3 Å². The van der Waals surface area contributed by atoms with Gasteiger partial charge in [0.15, 0.2) is 0 Å². The smallest absolute Gasteiger partial charge is 0.257 e. The van der Waals surface area contributed by atoms with E-state index in [9.17, 15) is 4.79 Å². The van der Waals surface area contributed by atoms with Crippen molar-refractivity contribution < 1.29 is 19.0 Å². The molecule has 0 spiro atoms. The molecular weight excluding hydrogens is 366 g/mol. The molecule has 8 heteroatoms. The monoisotopic (exact) mass is 389 g/mol. The number of hydrogen-bond acceptors (Lipinski definition) is 7. The molecule has 1 atom stereocenters. The highest BCUT2D eigenvalue weighted by molar-refractivity contribution is 7.99. The lowest BCUT2D eigenvalue weighted by atomic mass is 10.2. The number of carbonyl (C=O) groups is 1. The van der Waals surface area contributed by atoms with Gasteiger partial charge in [0, 0.05) is 37.4 Å². The predicted molar refractivity (Wildman–Crippen MR) is 103 cm³/mol. The second-order valence-corrected chi connectivity index (χ2v) is 7.10. The Kier molecular flexibility index (Phi) is 7.29. The molecule has 27 heavy (non-hydrogen) atoms. The average Bonchev–Trinajstić information content (AvgIpc) is 3.21. The molecule has 1 amide bonds. The van der Waals surface area contributed by atoms with Gasteiger partial charge in [0.2, 0.25) is 11.8 Å². The second-order valence-electron chi connectivity index (χ2n) is 5.95. The fourth-order valence-electron chi connectivity index (χ4n) is 2.60. The first kappa shape index (κ1) is 19.4. The quantitative estimate of drug-likeness (QED) is 0.659. The summed E-state index contributed by atoms with van der Waals surface area (Å²) in [6, 6.07) is 7.13. The number of nitrogens with zero attached hydrogens (tertiary/aromatic N) is 2. The molecule has 0 aliphatic carbocycles. The zero-order valence-corrected chi connectivity index (χ0v) is 16.0. The Bertz CT molecular complexity index is 753. The average molecular weight is 389 g/mol. The van der Waals surface area contributed by atoms with Crippen molar-refractivity contribution in [2.45, 2.75) is 19.1 Å². The van der Waals surface area contributed by atoms with E-state index >= 15 is 0 Å². The maximum atomic E-state index is 12.7. The van der Waals surface area contributed by atoms with E-state index in [1.165, 1.54) is 0 Å². The molecule has 0 radical (unpaired) electrons. The van der Waals surface area contributed by atoms with Crippen LogP contribution in [0, 0.1) is 0 Å². The van der Waals surface area contributed by atoms with Gasteiger partial charge in [0.25, 0.3) is 5.91 Å². The summed E-state index contributed by atoms with van der Waals surface area (Å²) in [6.07, 6.45) is 4.37. The Balaban J connectivity index is 1.63. The van der Waals surface area contributed by atoms with Crippen LogP contribution in [-0.2, 0) is 11.3 Å². The standard InChI is InChI=1S/C19H23N3O4S/c1-24-9-10-25-18-14(4-2-7-20-18)12-22-17(23)16-5-3-8-21-19(16)26-15-6-11-27-13-15/h2-5,7-8,15H,6,9-13H2,1H3,(H,22,23). The summed E-state index contributed by atoms with van der Waals surface area (Å²) in [7, 11) is 1.61. The minimum Gasteiger partial charge on any atom is -0.475 e. The highest BCUT2D eigenvalue weighted by Crippen LogP contribution is 2.24. The third-order valence-corrected chi connectivity index (χ3v) is 5.13. The molecule has 1 unspecified atom stereocenters. The third kappa shape index (κ3) is 5.58. The molecule has 7 nitrogen and oxygen atoms in total. The zero-order chi connectivity index (χ0) is 18.9. The molecule has 1 saturated heterocycles.